The summed E-state index contributed by atoms with van der Waals surface area (Å²) in [6.45, 7) is 2.94. The van der Waals surface area contributed by atoms with E-state index >= 15 is 0 Å². The second-order valence-electron chi connectivity index (χ2n) is 7.64. The largest absolute Gasteiger partial charge is 0.382 e. The Labute approximate surface area is 177 Å². The number of halogens is 1. The predicted octanol–water partition coefficient (Wildman–Crippen LogP) is 4.67. The SMILES string of the molecule is OC(Cc1ccccc1Cl)(c1ccccc1)[C@@H]1CN(Cc2ccccc2)CCO1. The highest BCUT2D eigenvalue weighted by Gasteiger charge is 2.42. The van der Waals surface area contributed by atoms with Crippen LogP contribution < -0.4 is 0 Å². The Morgan fingerprint density at radius 3 is 2.31 bits per heavy atom. The van der Waals surface area contributed by atoms with E-state index in [1.54, 1.807) is 0 Å². The maximum Gasteiger partial charge on any atom is 0.121 e. The average molecular weight is 408 g/mol. The van der Waals surface area contributed by atoms with Gasteiger partial charge in [0.1, 0.15) is 11.7 Å². The van der Waals surface area contributed by atoms with E-state index in [9.17, 15) is 5.11 Å². The molecular weight excluding hydrogens is 382 g/mol. The van der Waals surface area contributed by atoms with Gasteiger partial charge in [-0.2, -0.15) is 0 Å². The highest BCUT2D eigenvalue weighted by Crippen LogP contribution is 2.35. The van der Waals surface area contributed by atoms with Crippen LogP contribution in [0.1, 0.15) is 16.7 Å². The van der Waals surface area contributed by atoms with Crippen molar-refractivity contribution in [3.8, 4) is 0 Å². The van der Waals surface area contributed by atoms with Gasteiger partial charge < -0.3 is 9.84 Å². The Morgan fingerprint density at radius 2 is 1.59 bits per heavy atom. The van der Waals surface area contributed by atoms with Crippen molar-refractivity contribution in [1.29, 1.82) is 0 Å². The lowest BCUT2D eigenvalue weighted by Gasteiger charge is -2.42. The second kappa shape index (κ2) is 9.10. The van der Waals surface area contributed by atoms with Crippen LogP contribution in [0.4, 0.5) is 0 Å². The van der Waals surface area contributed by atoms with Gasteiger partial charge in [-0.15, -0.1) is 0 Å². The maximum absolute atomic E-state index is 12.0. The summed E-state index contributed by atoms with van der Waals surface area (Å²) in [5, 5.41) is 12.6. The molecule has 0 aromatic heterocycles. The van der Waals surface area contributed by atoms with E-state index < -0.39 is 5.60 Å². The van der Waals surface area contributed by atoms with Crippen molar-refractivity contribution in [1.82, 2.24) is 4.90 Å². The highest BCUT2D eigenvalue weighted by molar-refractivity contribution is 6.31. The van der Waals surface area contributed by atoms with Crippen LogP contribution in [-0.2, 0) is 23.3 Å². The second-order valence-corrected chi connectivity index (χ2v) is 8.05. The fourth-order valence-electron chi connectivity index (χ4n) is 4.04. The van der Waals surface area contributed by atoms with Crippen LogP contribution in [0.2, 0.25) is 5.02 Å². The standard InChI is InChI=1S/C25H26ClNO2/c26-23-14-8-7-11-21(23)17-25(28,22-12-5-2-6-13-22)24-19-27(15-16-29-24)18-20-9-3-1-4-10-20/h1-14,24,28H,15-19H2/t24-,25?/m0/s1. The molecule has 4 heteroatoms. The molecule has 3 nitrogen and oxygen atoms in total. The molecule has 1 aliphatic rings. The van der Waals surface area contributed by atoms with Gasteiger partial charge in [0.05, 0.1) is 6.61 Å². The van der Waals surface area contributed by atoms with Crippen LogP contribution in [0.25, 0.3) is 0 Å². The summed E-state index contributed by atoms with van der Waals surface area (Å²) in [6.07, 6.45) is 0.0548. The van der Waals surface area contributed by atoms with E-state index in [1.165, 1.54) is 5.56 Å². The lowest BCUT2D eigenvalue weighted by atomic mass is 9.81. The number of ether oxygens (including phenoxy) is 1. The number of aliphatic hydroxyl groups is 1. The lowest BCUT2D eigenvalue weighted by molar-refractivity contribution is -0.149. The third kappa shape index (κ3) is 4.71. The van der Waals surface area contributed by atoms with Gasteiger partial charge in [0.25, 0.3) is 0 Å². The first-order valence-electron chi connectivity index (χ1n) is 10.0. The molecule has 1 N–H and O–H groups in total. The van der Waals surface area contributed by atoms with E-state index in [2.05, 4.69) is 29.2 Å². The minimum absolute atomic E-state index is 0.348. The van der Waals surface area contributed by atoms with E-state index in [0.717, 1.165) is 24.2 Å². The van der Waals surface area contributed by atoms with Crippen LogP contribution >= 0.6 is 11.6 Å². The van der Waals surface area contributed by atoms with Gasteiger partial charge in [0, 0.05) is 31.1 Å². The monoisotopic (exact) mass is 407 g/mol. The van der Waals surface area contributed by atoms with Gasteiger partial charge in [-0.1, -0.05) is 90.5 Å². The summed E-state index contributed by atoms with van der Waals surface area (Å²) in [7, 11) is 0. The first-order valence-corrected chi connectivity index (χ1v) is 10.4. The fourth-order valence-corrected chi connectivity index (χ4v) is 4.24. The minimum Gasteiger partial charge on any atom is -0.382 e. The molecule has 1 saturated heterocycles. The van der Waals surface area contributed by atoms with Gasteiger partial charge in [-0.05, 0) is 22.8 Å². The quantitative estimate of drug-likeness (QED) is 0.644. The molecule has 0 radical (unpaired) electrons. The smallest absolute Gasteiger partial charge is 0.121 e. The molecule has 0 aliphatic carbocycles. The zero-order valence-electron chi connectivity index (χ0n) is 16.4. The third-order valence-electron chi connectivity index (χ3n) is 5.62. The molecule has 1 fully saturated rings. The fraction of sp³-hybridized carbons (Fsp3) is 0.280. The number of morpholine rings is 1. The van der Waals surface area contributed by atoms with Crippen LogP contribution in [-0.4, -0.2) is 35.8 Å². The number of rotatable bonds is 6. The van der Waals surface area contributed by atoms with Gasteiger partial charge in [0.15, 0.2) is 0 Å². The molecule has 3 aromatic carbocycles. The highest BCUT2D eigenvalue weighted by atomic mass is 35.5. The van der Waals surface area contributed by atoms with Crippen LogP contribution in [0.3, 0.4) is 0 Å². The molecule has 1 aliphatic heterocycles. The number of hydrogen-bond acceptors (Lipinski definition) is 3. The molecule has 0 bridgehead atoms. The summed E-state index contributed by atoms with van der Waals surface area (Å²) in [5.41, 5.74) is 1.88. The molecule has 0 spiro atoms. The molecule has 1 unspecified atom stereocenters. The van der Waals surface area contributed by atoms with Crippen molar-refractivity contribution in [2.24, 2.45) is 0 Å². The van der Waals surface area contributed by atoms with Crippen molar-refractivity contribution >= 4 is 11.6 Å². The van der Waals surface area contributed by atoms with Crippen molar-refractivity contribution < 1.29 is 9.84 Å². The number of hydrogen-bond donors (Lipinski definition) is 1. The first kappa shape index (κ1) is 20.1. The average Bonchev–Trinajstić information content (AvgIpc) is 2.77. The third-order valence-corrected chi connectivity index (χ3v) is 5.99. The summed E-state index contributed by atoms with van der Waals surface area (Å²) in [6, 6.07) is 27.9. The summed E-state index contributed by atoms with van der Waals surface area (Å²) >= 11 is 6.43. The topological polar surface area (TPSA) is 32.7 Å². The molecule has 0 saturated carbocycles. The van der Waals surface area contributed by atoms with E-state index in [4.69, 9.17) is 16.3 Å². The summed E-state index contributed by atoms with van der Waals surface area (Å²) in [5.74, 6) is 0. The van der Waals surface area contributed by atoms with Crippen molar-refractivity contribution in [2.75, 3.05) is 19.7 Å². The Morgan fingerprint density at radius 1 is 0.931 bits per heavy atom. The molecule has 29 heavy (non-hydrogen) atoms. The Kier molecular flexibility index (Phi) is 6.31. The van der Waals surface area contributed by atoms with Crippen LogP contribution in [0, 0.1) is 0 Å². The molecule has 1 heterocycles. The van der Waals surface area contributed by atoms with E-state index in [1.807, 2.05) is 60.7 Å². The van der Waals surface area contributed by atoms with E-state index in [-0.39, 0.29) is 6.10 Å². The Hall–Kier alpha value is -2.17. The van der Waals surface area contributed by atoms with Gasteiger partial charge in [-0.3, -0.25) is 4.90 Å². The van der Waals surface area contributed by atoms with Gasteiger partial charge in [-0.25, -0.2) is 0 Å². The molecule has 2 atom stereocenters. The minimum atomic E-state index is -1.17. The molecule has 4 rings (SSSR count). The molecular formula is C25H26ClNO2. The Balaban J connectivity index is 1.61. The van der Waals surface area contributed by atoms with Crippen LogP contribution in [0.15, 0.2) is 84.9 Å². The zero-order valence-corrected chi connectivity index (χ0v) is 17.1. The Bertz CT molecular complexity index is 918. The van der Waals surface area contributed by atoms with Gasteiger partial charge in [0.2, 0.25) is 0 Å². The summed E-state index contributed by atoms with van der Waals surface area (Å²) in [4.78, 5) is 2.35. The molecule has 0 amide bonds. The molecule has 3 aromatic rings. The van der Waals surface area contributed by atoms with Crippen molar-refractivity contribution in [3.05, 3.63) is 107 Å². The predicted molar refractivity (Wildman–Crippen MR) is 117 cm³/mol. The zero-order chi connectivity index (χ0) is 20.1. The number of nitrogens with zero attached hydrogens (tertiary/aromatic N) is 1. The first-order chi connectivity index (χ1) is 14.1. The normalized spacial score (nSPS) is 19.6. The lowest BCUT2D eigenvalue weighted by Crippen LogP contribution is -2.53. The maximum atomic E-state index is 12.0. The van der Waals surface area contributed by atoms with E-state index in [0.29, 0.717) is 24.6 Å². The van der Waals surface area contributed by atoms with Crippen molar-refractivity contribution in [3.63, 3.8) is 0 Å². The van der Waals surface area contributed by atoms with Gasteiger partial charge >= 0.3 is 0 Å². The van der Waals surface area contributed by atoms with Crippen molar-refractivity contribution in [2.45, 2.75) is 24.7 Å². The van der Waals surface area contributed by atoms with Crippen LogP contribution in [0.5, 0.6) is 0 Å². The summed E-state index contributed by atoms with van der Waals surface area (Å²) < 4.78 is 6.14. The molecule has 150 valence electrons. The number of benzene rings is 3.